The van der Waals surface area contributed by atoms with Gasteiger partial charge in [0, 0.05) is 10.6 Å². The van der Waals surface area contributed by atoms with Crippen molar-refractivity contribution in [1.82, 2.24) is 0 Å². The van der Waals surface area contributed by atoms with Gasteiger partial charge in [-0.2, -0.15) is 0 Å². The molecular weight excluding hydrogens is 418 g/mol. The lowest BCUT2D eigenvalue weighted by molar-refractivity contribution is 0.00578. The predicted molar refractivity (Wildman–Crippen MR) is 133 cm³/mol. The summed E-state index contributed by atoms with van der Waals surface area (Å²) >= 11 is 0. The summed E-state index contributed by atoms with van der Waals surface area (Å²) in [7, 11) is -4.12. The lowest BCUT2D eigenvalue weighted by Gasteiger charge is -2.32. The van der Waals surface area contributed by atoms with Crippen molar-refractivity contribution in [1.29, 1.82) is 0 Å². The third-order valence-corrected chi connectivity index (χ3v) is 9.05. The zero-order valence-electron chi connectivity index (χ0n) is 19.4. The molecule has 4 nitrogen and oxygen atoms in total. The lowest BCUT2D eigenvalue weighted by Crippen LogP contribution is -2.45. The third-order valence-electron chi connectivity index (χ3n) is 6.36. The molecule has 0 aliphatic carbocycles. The largest absolute Gasteiger partial charge is 0.495 e. The Morgan fingerprint density at radius 1 is 0.812 bits per heavy atom. The van der Waals surface area contributed by atoms with Crippen LogP contribution in [0.15, 0.2) is 78.9 Å². The predicted octanol–water partition coefficient (Wildman–Crippen LogP) is 4.92. The molecule has 32 heavy (non-hydrogen) atoms. The average molecular weight is 448 g/mol. The molecule has 1 aliphatic heterocycles. The van der Waals surface area contributed by atoms with Gasteiger partial charge in [-0.25, -0.2) is 0 Å². The van der Waals surface area contributed by atoms with Gasteiger partial charge in [-0.05, 0) is 63.3 Å². The molecule has 1 atom stereocenters. The summed E-state index contributed by atoms with van der Waals surface area (Å²) in [5, 5.41) is 1.29. The molecule has 0 bridgehead atoms. The van der Waals surface area contributed by atoms with Gasteiger partial charge in [0.1, 0.15) is 0 Å². The van der Waals surface area contributed by atoms with Crippen LogP contribution in [0.1, 0.15) is 34.6 Å². The van der Waals surface area contributed by atoms with E-state index in [4.69, 9.17) is 13.8 Å². The topological polar surface area (TPSA) is 44.8 Å². The fraction of sp³-hybridized carbons (Fsp3) is 0.308. The summed E-state index contributed by atoms with van der Waals surface area (Å²) in [6, 6.07) is 25.3. The maximum absolute atomic E-state index is 14.8. The van der Waals surface area contributed by atoms with E-state index >= 15 is 0 Å². The van der Waals surface area contributed by atoms with Crippen molar-refractivity contribution in [3.63, 3.8) is 0 Å². The Morgan fingerprint density at radius 3 is 1.94 bits per heavy atom. The molecule has 0 aromatic heterocycles. The minimum atomic E-state index is -3.46. The van der Waals surface area contributed by atoms with Gasteiger partial charge in [0.05, 0.1) is 17.8 Å². The molecule has 3 aromatic rings. The van der Waals surface area contributed by atoms with Gasteiger partial charge in [0.2, 0.25) is 0 Å². The molecular formula is C26H30BO4P. The molecule has 1 fully saturated rings. The summed E-state index contributed by atoms with van der Waals surface area (Å²) in [4.78, 5) is 0. The van der Waals surface area contributed by atoms with Crippen LogP contribution in [0, 0.1) is 0 Å². The molecule has 3 aromatic carbocycles. The second-order valence-electron chi connectivity index (χ2n) is 9.00. The molecule has 0 saturated carbocycles. The van der Waals surface area contributed by atoms with Gasteiger partial charge in [-0.3, -0.25) is 4.57 Å². The molecule has 0 radical (unpaired) electrons. The van der Waals surface area contributed by atoms with Crippen LogP contribution in [-0.2, 0) is 18.4 Å². The highest BCUT2D eigenvalue weighted by Gasteiger charge is 2.53. The van der Waals surface area contributed by atoms with Crippen molar-refractivity contribution in [2.24, 2.45) is 0 Å². The van der Waals surface area contributed by atoms with E-state index in [0.29, 0.717) is 17.2 Å². The minimum absolute atomic E-state index is 0.318. The monoisotopic (exact) mass is 448 g/mol. The minimum Gasteiger partial charge on any atom is -0.399 e. The van der Waals surface area contributed by atoms with Crippen LogP contribution < -0.4 is 16.1 Å². The number of hydrogen-bond donors (Lipinski definition) is 0. The number of hydrogen-bond acceptors (Lipinski definition) is 4. The highest BCUT2D eigenvalue weighted by molar-refractivity contribution is 7.75. The van der Waals surface area contributed by atoms with E-state index in [2.05, 4.69) is 0 Å². The fourth-order valence-corrected chi connectivity index (χ4v) is 6.48. The first-order valence-corrected chi connectivity index (χ1v) is 12.7. The van der Waals surface area contributed by atoms with Gasteiger partial charge >= 0.3 is 7.12 Å². The third kappa shape index (κ3) is 3.99. The van der Waals surface area contributed by atoms with Gasteiger partial charge in [0.15, 0.2) is 0 Å². The second-order valence-corrected chi connectivity index (χ2v) is 11.3. The van der Waals surface area contributed by atoms with Crippen LogP contribution in [-0.4, -0.2) is 24.9 Å². The van der Waals surface area contributed by atoms with E-state index < -0.39 is 25.7 Å². The summed E-state index contributed by atoms with van der Waals surface area (Å²) in [5.74, 6) is 0. The molecule has 6 heteroatoms. The summed E-state index contributed by atoms with van der Waals surface area (Å²) < 4.78 is 33.7. The van der Waals surface area contributed by atoms with Crippen LogP contribution in [0.2, 0.25) is 0 Å². The van der Waals surface area contributed by atoms with Crippen LogP contribution in [0.25, 0.3) is 11.1 Å². The van der Waals surface area contributed by atoms with Crippen molar-refractivity contribution in [2.45, 2.75) is 45.8 Å². The Bertz CT molecular complexity index is 1110. The highest BCUT2D eigenvalue weighted by atomic mass is 31.2. The first-order chi connectivity index (χ1) is 15.2. The highest BCUT2D eigenvalue weighted by Crippen LogP contribution is 2.47. The summed E-state index contributed by atoms with van der Waals surface area (Å²) in [5.41, 5.74) is 1.54. The quantitative estimate of drug-likeness (QED) is 0.397. The van der Waals surface area contributed by atoms with Crippen molar-refractivity contribution in [2.75, 3.05) is 6.61 Å². The molecule has 1 aliphatic rings. The van der Waals surface area contributed by atoms with E-state index in [9.17, 15) is 4.57 Å². The second kappa shape index (κ2) is 8.65. The molecule has 4 rings (SSSR count). The Balaban J connectivity index is 2.00. The van der Waals surface area contributed by atoms with Gasteiger partial charge in [0.25, 0.3) is 7.37 Å². The van der Waals surface area contributed by atoms with Crippen LogP contribution in [0.3, 0.4) is 0 Å². The maximum Gasteiger partial charge on any atom is 0.495 e. The Labute approximate surface area is 191 Å². The van der Waals surface area contributed by atoms with Gasteiger partial charge < -0.3 is 13.8 Å². The summed E-state index contributed by atoms with van der Waals surface area (Å²) in [6.07, 6.45) is 0. The zero-order valence-corrected chi connectivity index (χ0v) is 20.3. The fourth-order valence-electron chi connectivity index (χ4n) is 3.98. The molecule has 166 valence electrons. The first-order valence-electron chi connectivity index (χ1n) is 11.0. The standard InChI is InChI=1S/C26H30BO4P/c1-6-29-32(28,21-16-11-8-12-17-21)24-22(20-14-9-7-10-15-20)18-13-19-23(24)27-30-25(2,3)26(4,5)31-27/h7-19H,6H2,1-5H3. The average Bonchev–Trinajstić information content (AvgIpc) is 3.01. The molecule has 1 saturated heterocycles. The van der Waals surface area contributed by atoms with Crippen LogP contribution in [0.4, 0.5) is 0 Å². The van der Waals surface area contributed by atoms with Crippen molar-refractivity contribution in [3.05, 3.63) is 78.9 Å². The Hall–Kier alpha value is -2.17. The molecule has 0 N–H and O–H groups in total. The zero-order chi connectivity index (χ0) is 23.0. The molecule has 1 heterocycles. The maximum atomic E-state index is 14.8. The van der Waals surface area contributed by atoms with Crippen molar-refractivity contribution in [3.8, 4) is 11.1 Å². The van der Waals surface area contributed by atoms with Crippen molar-refractivity contribution < 1.29 is 18.4 Å². The van der Waals surface area contributed by atoms with Crippen molar-refractivity contribution >= 4 is 30.6 Å². The van der Waals surface area contributed by atoms with Crippen LogP contribution >= 0.6 is 7.37 Å². The Morgan fingerprint density at radius 2 is 1.38 bits per heavy atom. The smallest absolute Gasteiger partial charge is 0.399 e. The van der Waals surface area contributed by atoms with E-state index in [1.54, 1.807) is 0 Å². The van der Waals surface area contributed by atoms with E-state index in [0.717, 1.165) is 16.6 Å². The number of benzene rings is 3. The van der Waals surface area contributed by atoms with Gasteiger partial charge in [-0.1, -0.05) is 66.7 Å². The lowest BCUT2D eigenvalue weighted by atomic mass is 9.77. The number of rotatable bonds is 6. The van der Waals surface area contributed by atoms with E-state index in [-0.39, 0.29) is 0 Å². The summed E-state index contributed by atoms with van der Waals surface area (Å²) in [6.45, 7) is 10.3. The SMILES string of the molecule is CCOP(=O)(c1ccccc1)c1c(B2OC(C)(C)C(C)(C)O2)cccc1-c1ccccc1. The van der Waals surface area contributed by atoms with Crippen LogP contribution in [0.5, 0.6) is 0 Å². The van der Waals surface area contributed by atoms with E-state index in [1.165, 1.54) is 0 Å². The molecule has 1 unspecified atom stereocenters. The molecule has 0 amide bonds. The Kier molecular flexibility index (Phi) is 6.22. The van der Waals surface area contributed by atoms with E-state index in [1.807, 2.05) is 113 Å². The normalized spacial score (nSPS) is 19.0. The first kappa shape index (κ1) is 23.0. The molecule has 0 spiro atoms. The van der Waals surface area contributed by atoms with Gasteiger partial charge in [-0.15, -0.1) is 0 Å².